The number of Topliss-reactive ketones (excluding diaryl/α,β-unsaturated/α-hetero) is 1. The number of nitrogens with one attached hydrogen (secondary N) is 4. The van der Waals surface area contributed by atoms with Crippen LogP contribution >= 0.6 is 0 Å². The highest BCUT2D eigenvalue weighted by molar-refractivity contribution is 6.38. The van der Waals surface area contributed by atoms with Crippen molar-refractivity contribution in [1.29, 1.82) is 0 Å². The Labute approximate surface area is 227 Å². The summed E-state index contributed by atoms with van der Waals surface area (Å²) < 4.78 is 0. The molecule has 0 spiro atoms. The normalized spacial score (nSPS) is 18.2. The van der Waals surface area contributed by atoms with Crippen molar-refractivity contribution in [1.82, 2.24) is 21.3 Å². The van der Waals surface area contributed by atoms with E-state index in [0.717, 1.165) is 24.0 Å². The summed E-state index contributed by atoms with van der Waals surface area (Å²) in [6.45, 7) is 0.636. The van der Waals surface area contributed by atoms with Crippen LogP contribution in [0.3, 0.4) is 0 Å². The van der Waals surface area contributed by atoms with Crippen molar-refractivity contribution in [2.75, 3.05) is 6.54 Å². The van der Waals surface area contributed by atoms with Gasteiger partial charge in [-0.1, -0.05) is 73.5 Å². The Kier molecular flexibility index (Phi) is 9.61. The van der Waals surface area contributed by atoms with E-state index in [1.807, 2.05) is 60.7 Å². The molecule has 2 aliphatic rings. The fourth-order valence-electron chi connectivity index (χ4n) is 4.56. The van der Waals surface area contributed by atoms with Gasteiger partial charge in [-0.05, 0) is 42.4 Å². The number of amides is 4. The van der Waals surface area contributed by atoms with E-state index in [4.69, 9.17) is 0 Å². The first kappa shape index (κ1) is 27.8. The van der Waals surface area contributed by atoms with Gasteiger partial charge in [0.15, 0.2) is 0 Å². The van der Waals surface area contributed by atoms with Gasteiger partial charge in [-0.3, -0.25) is 24.0 Å². The Morgan fingerprint density at radius 3 is 2.21 bits per heavy atom. The molecule has 9 nitrogen and oxygen atoms in total. The molecule has 0 bridgehead atoms. The molecule has 4 N–H and O–H groups in total. The summed E-state index contributed by atoms with van der Waals surface area (Å²) >= 11 is 0. The van der Waals surface area contributed by atoms with Crippen LogP contribution in [0.4, 0.5) is 0 Å². The summed E-state index contributed by atoms with van der Waals surface area (Å²) in [5, 5.41) is 10.8. The number of hydrogen-bond donors (Lipinski definition) is 4. The molecule has 2 fully saturated rings. The maximum atomic E-state index is 13.4. The molecule has 1 saturated heterocycles. The number of rotatable bonds is 13. The lowest BCUT2D eigenvalue weighted by Crippen LogP contribution is -2.54. The van der Waals surface area contributed by atoms with Gasteiger partial charge in [-0.25, -0.2) is 0 Å². The van der Waals surface area contributed by atoms with Crippen molar-refractivity contribution in [2.45, 2.75) is 50.7 Å². The fraction of sp³-hybridized carbons (Fsp3) is 0.367. The molecule has 1 heterocycles. The molecule has 4 amide bonds. The van der Waals surface area contributed by atoms with Gasteiger partial charge in [0.1, 0.15) is 6.04 Å². The van der Waals surface area contributed by atoms with E-state index >= 15 is 0 Å². The lowest BCUT2D eigenvalue weighted by molar-refractivity contribution is -0.141. The molecular formula is C30H34N4O5. The zero-order valence-corrected chi connectivity index (χ0v) is 21.7. The van der Waals surface area contributed by atoms with Gasteiger partial charge < -0.3 is 21.3 Å². The average Bonchev–Trinajstić information content (AvgIpc) is 3.69. The molecule has 1 saturated carbocycles. The molecular weight excluding hydrogens is 496 g/mol. The Morgan fingerprint density at radius 1 is 0.872 bits per heavy atom. The second-order valence-electron chi connectivity index (χ2n) is 10.1. The minimum Gasteiger partial charge on any atom is -0.356 e. The third-order valence-corrected chi connectivity index (χ3v) is 6.96. The van der Waals surface area contributed by atoms with E-state index in [-0.39, 0.29) is 18.9 Å². The third-order valence-electron chi connectivity index (χ3n) is 6.96. The summed E-state index contributed by atoms with van der Waals surface area (Å²) in [6.07, 6.45) is 5.90. The van der Waals surface area contributed by atoms with Gasteiger partial charge >= 0.3 is 0 Å². The molecule has 2 aromatic rings. The van der Waals surface area contributed by atoms with E-state index in [1.165, 1.54) is 6.08 Å². The lowest BCUT2D eigenvalue weighted by atomic mass is 9.95. The van der Waals surface area contributed by atoms with Crippen LogP contribution in [0.25, 0.3) is 6.08 Å². The molecule has 204 valence electrons. The number of carbonyl (C=O) groups is 5. The number of carbonyl (C=O) groups excluding carboxylic acids is 5. The van der Waals surface area contributed by atoms with Crippen molar-refractivity contribution in [2.24, 2.45) is 11.8 Å². The van der Waals surface area contributed by atoms with Crippen molar-refractivity contribution >= 4 is 35.5 Å². The number of hydrogen-bond acceptors (Lipinski definition) is 5. The predicted octanol–water partition coefficient (Wildman–Crippen LogP) is 1.88. The van der Waals surface area contributed by atoms with E-state index in [1.54, 1.807) is 6.08 Å². The molecule has 0 aromatic heterocycles. The van der Waals surface area contributed by atoms with Crippen LogP contribution < -0.4 is 21.3 Å². The average molecular weight is 531 g/mol. The van der Waals surface area contributed by atoms with Gasteiger partial charge in [-0.15, -0.1) is 0 Å². The zero-order chi connectivity index (χ0) is 27.6. The second kappa shape index (κ2) is 13.5. The maximum Gasteiger partial charge on any atom is 0.289 e. The molecule has 2 aromatic carbocycles. The molecule has 0 unspecified atom stereocenters. The first-order valence-electron chi connectivity index (χ1n) is 13.4. The van der Waals surface area contributed by atoms with Gasteiger partial charge in [0.25, 0.3) is 5.91 Å². The third kappa shape index (κ3) is 8.63. The van der Waals surface area contributed by atoms with E-state index in [2.05, 4.69) is 21.3 Å². The molecule has 9 heteroatoms. The van der Waals surface area contributed by atoms with Gasteiger partial charge in [0.2, 0.25) is 23.5 Å². The van der Waals surface area contributed by atoms with Crippen LogP contribution in [0.2, 0.25) is 0 Å². The Hall–Kier alpha value is -4.27. The van der Waals surface area contributed by atoms with E-state index in [9.17, 15) is 24.0 Å². The molecule has 1 aliphatic carbocycles. The standard InChI is InChI=1S/C30H34N4O5/c35-26(14-13-20-7-3-1-4-8-20)33-25(17-21-11-12-21)29(38)34-24(18-23-15-16-31-28(23)37)27(36)30(39)32-19-22-9-5-2-6-10-22/h1-10,13-14,21,23-25H,11-12,15-19H2,(H,31,37)(H,32,39)(H,33,35)(H,34,38)/b14-13+/t23-,24-,25-/m0/s1. The van der Waals surface area contributed by atoms with Crippen molar-refractivity contribution in [3.63, 3.8) is 0 Å². The van der Waals surface area contributed by atoms with Crippen molar-refractivity contribution in [3.8, 4) is 0 Å². The highest BCUT2D eigenvalue weighted by Gasteiger charge is 2.36. The zero-order valence-electron chi connectivity index (χ0n) is 21.7. The first-order valence-corrected chi connectivity index (χ1v) is 13.4. The second-order valence-corrected chi connectivity index (χ2v) is 10.1. The predicted molar refractivity (Wildman–Crippen MR) is 146 cm³/mol. The minimum absolute atomic E-state index is 0.00711. The quantitative estimate of drug-likeness (QED) is 0.232. The molecule has 4 rings (SSSR count). The summed E-state index contributed by atoms with van der Waals surface area (Å²) in [4.78, 5) is 64.1. The highest BCUT2D eigenvalue weighted by atomic mass is 16.2. The van der Waals surface area contributed by atoms with Crippen LogP contribution in [-0.4, -0.2) is 48.0 Å². The first-order chi connectivity index (χ1) is 18.9. The van der Waals surface area contributed by atoms with Crippen LogP contribution in [0.15, 0.2) is 66.7 Å². The van der Waals surface area contributed by atoms with Crippen LogP contribution in [0.5, 0.6) is 0 Å². The van der Waals surface area contributed by atoms with Crippen molar-refractivity contribution < 1.29 is 24.0 Å². The van der Waals surface area contributed by atoms with Crippen LogP contribution in [0.1, 0.15) is 43.2 Å². The Balaban J connectivity index is 1.42. The van der Waals surface area contributed by atoms with Crippen LogP contribution in [-0.2, 0) is 30.5 Å². The topological polar surface area (TPSA) is 133 Å². The highest BCUT2D eigenvalue weighted by Crippen LogP contribution is 2.33. The monoisotopic (exact) mass is 530 g/mol. The van der Waals surface area contributed by atoms with E-state index in [0.29, 0.717) is 25.3 Å². The maximum absolute atomic E-state index is 13.4. The summed E-state index contributed by atoms with van der Waals surface area (Å²) in [7, 11) is 0. The Bertz CT molecular complexity index is 1210. The summed E-state index contributed by atoms with van der Waals surface area (Å²) in [5.41, 5.74) is 1.67. The lowest BCUT2D eigenvalue weighted by Gasteiger charge is -2.23. The van der Waals surface area contributed by atoms with Gasteiger partial charge in [0.05, 0.1) is 6.04 Å². The molecule has 1 aliphatic heterocycles. The van der Waals surface area contributed by atoms with Gasteiger partial charge in [0, 0.05) is 25.1 Å². The van der Waals surface area contributed by atoms with E-state index < -0.39 is 41.5 Å². The minimum atomic E-state index is -1.19. The SMILES string of the molecule is O=C(/C=C/c1ccccc1)N[C@@H](CC1CC1)C(=O)N[C@@H](C[C@@H]1CCNC1=O)C(=O)C(=O)NCc1ccccc1. The summed E-state index contributed by atoms with van der Waals surface area (Å²) in [6, 6.07) is 16.4. The van der Waals surface area contributed by atoms with Crippen LogP contribution in [0, 0.1) is 11.8 Å². The molecule has 39 heavy (non-hydrogen) atoms. The van der Waals surface area contributed by atoms with Crippen molar-refractivity contribution in [3.05, 3.63) is 77.9 Å². The van der Waals surface area contributed by atoms with Gasteiger partial charge in [-0.2, -0.15) is 0 Å². The smallest absolute Gasteiger partial charge is 0.289 e. The molecule has 3 atom stereocenters. The largest absolute Gasteiger partial charge is 0.356 e. The fourth-order valence-corrected chi connectivity index (χ4v) is 4.56. The number of benzene rings is 2. The number of ketones is 1. The molecule has 0 radical (unpaired) electrons. The summed E-state index contributed by atoms with van der Waals surface area (Å²) in [5.74, 6) is -3.03. The Morgan fingerprint density at radius 2 is 1.56 bits per heavy atom.